The number of imidazole rings is 1. The van der Waals surface area contributed by atoms with Crippen LogP contribution >= 0.6 is 0 Å². The first-order chi connectivity index (χ1) is 8.70. The van der Waals surface area contributed by atoms with Gasteiger partial charge in [-0.05, 0) is 18.6 Å². The van der Waals surface area contributed by atoms with Crippen LogP contribution in [0.3, 0.4) is 0 Å². The molecular formula is C14H22N4. The van der Waals surface area contributed by atoms with Crippen LogP contribution in [0.4, 0.5) is 0 Å². The average molecular weight is 246 g/mol. The fourth-order valence-corrected chi connectivity index (χ4v) is 2.12. The number of rotatable bonds is 6. The van der Waals surface area contributed by atoms with E-state index < -0.39 is 0 Å². The van der Waals surface area contributed by atoms with E-state index >= 15 is 0 Å². The number of aromatic nitrogens is 3. The second kappa shape index (κ2) is 5.87. The molecule has 0 radical (unpaired) electrons. The highest BCUT2D eigenvalue weighted by molar-refractivity contribution is 5.09. The Labute approximate surface area is 108 Å². The summed E-state index contributed by atoms with van der Waals surface area (Å²) < 4.78 is 4.35. The van der Waals surface area contributed by atoms with E-state index in [1.165, 1.54) is 5.69 Å². The van der Waals surface area contributed by atoms with Crippen molar-refractivity contribution in [3.05, 3.63) is 42.2 Å². The van der Waals surface area contributed by atoms with Crippen molar-refractivity contribution < 1.29 is 0 Å². The summed E-state index contributed by atoms with van der Waals surface area (Å²) in [7, 11) is 2.03. The number of nitrogens with zero attached hydrogens (tertiary/aromatic N) is 3. The molecule has 18 heavy (non-hydrogen) atoms. The quantitative estimate of drug-likeness (QED) is 0.844. The highest BCUT2D eigenvalue weighted by Gasteiger charge is 2.07. The molecule has 4 nitrogen and oxygen atoms in total. The third-order valence-electron chi connectivity index (χ3n) is 3.42. The molecule has 0 aliphatic rings. The summed E-state index contributed by atoms with van der Waals surface area (Å²) >= 11 is 0. The molecule has 0 aliphatic carbocycles. The fourth-order valence-electron chi connectivity index (χ4n) is 2.12. The Morgan fingerprint density at radius 1 is 1.39 bits per heavy atom. The minimum absolute atomic E-state index is 0.256. The summed E-state index contributed by atoms with van der Waals surface area (Å²) in [5.74, 6) is 1.12. The van der Waals surface area contributed by atoms with Crippen molar-refractivity contribution >= 4 is 0 Å². The van der Waals surface area contributed by atoms with Crippen molar-refractivity contribution in [1.29, 1.82) is 0 Å². The SMILES string of the molecule is CCC(N)Cc1cccn1CCc1nccn1C. The maximum atomic E-state index is 6.02. The Morgan fingerprint density at radius 3 is 2.89 bits per heavy atom. The molecule has 0 saturated heterocycles. The van der Waals surface area contributed by atoms with Crippen LogP contribution in [0.1, 0.15) is 24.9 Å². The zero-order chi connectivity index (χ0) is 13.0. The van der Waals surface area contributed by atoms with Gasteiger partial charge in [0, 0.05) is 56.8 Å². The molecule has 2 N–H and O–H groups in total. The number of hydrogen-bond acceptors (Lipinski definition) is 2. The molecule has 2 aromatic heterocycles. The zero-order valence-corrected chi connectivity index (χ0v) is 11.2. The zero-order valence-electron chi connectivity index (χ0n) is 11.2. The molecule has 2 aromatic rings. The average Bonchev–Trinajstić information content (AvgIpc) is 2.96. The van der Waals surface area contributed by atoms with Crippen LogP contribution in [-0.4, -0.2) is 20.2 Å². The van der Waals surface area contributed by atoms with Gasteiger partial charge in [0.05, 0.1) is 0 Å². The first-order valence-electron chi connectivity index (χ1n) is 6.56. The van der Waals surface area contributed by atoms with Gasteiger partial charge in [-0.3, -0.25) is 0 Å². The third-order valence-corrected chi connectivity index (χ3v) is 3.42. The van der Waals surface area contributed by atoms with Crippen molar-refractivity contribution in [2.75, 3.05) is 0 Å². The Balaban J connectivity index is 1.97. The Bertz CT molecular complexity index is 483. The van der Waals surface area contributed by atoms with Crippen LogP contribution in [0.25, 0.3) is 0 Å². The lowest BCUT2D eigenvalue weighted by Gasteiger charge is -2.12. The van der Waals surface area contributed by atoms with Crippen molar-refractivity contribution in [3.8, 4) is 0 Å². The van der Waals surface area contributed by atoms with Crippen LogP contribution in [0.15, 0.2) is 30.7 Å². The van der Waals surface area contributed by atoms with E-state index in [1.54, 1.807) is 0 Å². The molecule has 0 aromatic carbocycles. The molecule has 0 amide bonds. The lowest BCUT2D eigenvalue weighted by Crippen LogP contribution is -2.23. The first-order valence-corrected chi connectivity index (χ1v) is 6.56. The lowest BCUT2D eigenvalue weighted by atomic mass is 10.1. The van der Waals surface area contributed by atoms with Gasteiger partial charge < -0.3 is 14.9 Å². The maximum absolute atomic E-state index is 6.02. The molecule has 4 heteroatoms. The van der Waals surface area contributed by atoms with Crippen LogP contribution in [0.2, 0.25) is 0 Å². The van der Waals surface area contributed by atoms with Gasteiger partial charge in [-0.1, -0.05) is 6.92 Å². The molecular weight excluding hydrogens is 224 g/mol. The Hall–Kier alpha value is -1.55. The predicted molar refractivity (Wildman–Crippen MR) is 73.3 cm³/mol. The van der Waals surface area contributed by atoms with Crippen LogP contribution in [0.5, 0.6) is 0 Å². The largest absolute Gasteiger partial charge is 0.351 e. The first kappa shape index (κ1) is 12.9. The molecule has 0 fully saturated rings. The fraction of sp³-hybridized carbons (Fsp3) is 0.500. The second-order valence-corrected chi connectivity index (χ2v) is 4.77. The van der Waals surface area contributed by atoms with Crippen LogP contribution in [0, 0.1) is 0 Å². The van der Waals surface area contributed by atoms with Gasteiger partial charge >= 0.3 is 0 Å². The summed E-state index contributed by atoms with van der Waals surface area (Å²) in [6.07, 6.45) is 8.87. The summed E-state index contributed by atoms with van der Waals surface area (Å²) in [4.78, 5) is 4.35. The number of hydrogen-bond donors (Lipinski definition) is 1. The molecule has 1 atom stereocenters. The van der Waals surface area contributed by atoms with Crippen molar-refractivity contribution in [3.63, 3.8) is 0 Å². The molecule has 0 spiro atoms. The molecule has 0 aliphatic heterocycles. The molecule has 98 valence electrons. The van der Waals surface area contributed by atoms with Crippen LogP contribution < -0.4 is 5.73 Å². The van der Waals surface area contributed by atoms with Gasteiger partial charge in [0.15, 0.2) is 0 Å². The van der Waals surface area contributed by atoms with Gasteiger partial charge in [0.1, 0.15) is 5.82 Å². The van der Waals surface area contributed by atoms with E-state index in [0.29, 0.717) is 0 Å². The number of nitrogens with two attached hydrogens (primary N) is 1. The molecule has 1 unspecified atom stereocenters. The Kier molecular flexibility index (Phi) is 4.20. The standard InChI is InChI=1S/C14H22N4/c1-3-12(15)11-13-5-4-8-18(13)9-6-14-16-7-10-17(14)2/h4-5,7-8,10,12H,3,6,9,11,15H2,1-2H3. The van der Waals surface area contributed by atoms with E-state index in [-0.39, 0.29) is 6.04 Å². The maximum Gasteiger partial charge on any atom is 0.110 e. The van der Waals surface area contributed by atoms with Gasteiger partial charge in [-0.2, -0.15) is 0 Å². The van der Waals surface area contributed by atoms with Gasteiger partial charge in [0.2, 0.25) is 0 Å². The van der Waals surface area contributed by atoms with Gasteiger partial charge in [-0.25, -0.2) is 4.98 Å². The second-order valence-electron chi connectivity index (χ2n) is 4.77. The summed E-state index contributed by atoms with van der Waals surface area (Å²) in [5, 5.41) is 0. The third kappa shape index (κ3) is 3.01. The van der Waals surface area contributed by atoms with E-state index in [0.717, 1.165) is 31.6 Å². The summed E-state index contributed by atoms with van der Waals surface area (Å²) in [6.45, 7) is 3.09. The summed E-state index contributed by atoms with van der Waals surface area (Å²) in [6, 6.07) is 4.51. The minimum Gasteiger partial charge on any atom is -0.351 e. The summed E-state index contributed by atoms with van der Waals surface area (Å²) in [5.41, 5.74) is 7.34. The smallest absolute Gasteiger partial charge is 0.110 e. The lowest BCUT2D eigenvalue weighted by molar-refractivity contribution is 0.581. The van der Waals surface area contributed by atoms with Gasteiger partial charge in [-0.15, -0.1) is 0 Å². The highest BCUT2D eigenvalue weighted by Crippen LogP contribution is 2.08. The monoisotopic (exact) mass is 246 g/mol. The van der Waals surface area contributed by atoms with Crippen molar-refractivity contribution in [2.45, 2.75) is 38.8 Å². The van der Waals surface area contributed by atoms with E-state index in [4.69, 9.17) is 5.73 Å². The van der Waals surface area contributed by atoms with E-state index in [2.05, 4.69) is 39.4 Å². The molecule has 0 bridgehead atoms. The minimum atomic E-state index is 0.256. The Morgan fingerprint density at radius 2 is 2.22 bits per heavy atom. The topological polar surface area (TPSA) is 48.8 Å². The van der Waals surface area contributed by atoms with Gasteiger partial charge in [0.25, 0.3) is 0 Å². The molecule has 2 rings (SSSR count). The molecule has 2 heterocycles. The molecule has 0 saturated carbocycles. The van der Waals surface area contributed by atoms with Crippen molar-refractivity contribution in [1.82, 2.24) is 14.1 Å². The highest BCUT2D eigenvalue weighted by atomic mass is 15.0. The van der Waals surface area contributed by atoms with E-state index in [9.17, 15) is 0 Å². The van der Waals surface area contributed by atoms with Crippen molar-refractivity contribution in [2.24, 2.45) is 12.8 Å². The predicted octanol–water partition coefficient (Wildman–Crippen LogP) is 1.74. The van der Waals surface area contributed by atoms with Crippen LogP contribution in [-0.2, 0) is 26.4 Å². The number of aryl methyl sites for hydroxylation is 3. The van der Waals surface area contributed by atoms with E-state index in [1.807, 2.05) is 19.4 Å². The normalized spacial score (nSPS) is 12.8.